The average Bonchev–Trinajstić information content (AvgIpc) is 3.06. The summed E-state index contributed by atoms with van der Waals surface area (Å²) in [7, 11) is -2.16. The molecule has 2 heterocycles. The van der Waals surface area contributed by atoms with Gasteiger partial charge in [0.1, 0.15) is 16.5 Å². The number of anilines is 1. The van der Waals surface area contributed by atoms with Crippen molar-refractivity contribution >= 4 is 26.4 Å². The number of aromatic nitrogens is 2. The van der Waals surface area contributed by atoms with E-state index < -0.39 is 26.4 Å². The molecular weight excluding hydrogens is 374 g/mol. The van der Waals surface area contributed by atoms with Crippen molar-refractivity contribution in [2.45, 2.75) is 9.92 Å². The van der Waals surface area contributed by atoms with E-state index >= 15 is 0 Å². The molecule has 9 heteroatoms. The van der Waals surface area contributed by atoms with E-state index in [-0.39, 0.29) is 5.03 Å². The Morgan fingerprint density at radius 1 is 1.04 bits per heavy atom. The van der Waals surface area contributed by atoms with E-state index in [2.05, 4.69) is 27.0 Å². The number of benzene rings is 2. The zero-order valence-electron chi connectivity index (χ0n) is 14.6. The van der Waals surface area contributed by atoms with Crippen LogP contribution in [-0.4, -0.2) is 56.7 Å². The van der Waals surface area contributed by atoms with Crippen LogP contribution in [0, 0.1) is 11.6 Å². The van der Waals surface area contributed by atoms with E-state index in [1.807, 2.05) is 6.07 Å². The Labute approximate surface area is 155 Å². The number of nitrogens with zero attached hydrogens (tertiary/aromatic N) is 3. The van der Waals surface area contributed by atoms with Crippen molar-refractivity contribution < 1.29 is 17.2 Å². The summed E-state index contributed by atoms with van der Waals surface area (Å²) in [6, 6.07) is 7.78. The number of likely N-dealkylation sites (N-methyl/N-ethyl adjacent to an activating group) is 1. The molecule has 1 aromatic heterocycles. The van der Waals surface area contributed by atoms with Gasteiger partial charge >= 0.3 is 0 Å². The number of piperazine rings is 1. The van der Waals surface area contributed by atoms with Gasteiger partial charge in [0.05, 0.1) is 5.52 Å². The topological polar surface area (TPSA) is 69.3 Å². The molecule has 0 saturated carbocycles. The summed E-state index contributed by atoms with van der Waals surface area (Å²) in [5.41, 5.74) is 1.35. The number of nitrogens with one attached hydrogen (secondary N) is 1. The van der Waals surface area contributed by atoms with Gasteiger partial charge in [0.2, 0.25) is 9.84 Å². The van der Waals surface area contributed by atoms with Gasteiger partial charge in [-0.15, -0.1) is 0 Å². The summed E-state index contributed by atoms with van der Waals surface area (Å²) in [6.45, 7) is 3.48. The van der Waals surface area contributed by atoms with Gasteiger partial charge in [-0.05, 0) is 37.4 Å². The van der Waals surface area contributed by atoms with Crippen LogP contribution < -0.4 is 4.90 Å². The van der Waals surface area contributed by atoms with Gasteiger partial charge in [-0.2, -0.15) is 5.10 Å². The first-order chi connectivity index (χ1) is 12.9. The van der Waals surface area contributed by atoms with Crippen molar-refractivity contribution in [1.29, 1.82) is 0 Å². The fourth-order valence-electron chi connectivity index (χ4n) is 3.24. The number of hydrogen-bond acceptors (Lipinski definition) is 5. The molecule has 0 bridgehead atoms. The Kier molecular flexibility index (Phi) is 4.35. The normalized spacial score (nSPS) is 16.2. The number of halogens is 2. The SMILES string of the molecule is CN1CCN(c2ccc3n[nH]c(S(=O)(=O)c4ccc(F)cc4F)c3c2)CC1. The van der Waals surface area contributed by atoms with Gasteiger partial charge in [-0.1, -0.05) is 0 Å². The van der Waals surface area contributed by atoms with Crippen LogP contribution in [0.25, 0.3) is 10.9 Å². The maximum Gasteiger partial charge on any atom is 0.226 e. The van der Waals surface area contributed by atoms with Crippen molar-refractivity contribution in [2.24, 2.45) is 0 Å². The highest BCUT2D eigenvalue weighted by molar-refractivity contribution is 7.91. The molecule has 0 unspecified atom stereocenters. The quantitative estimate of drug-likeness (QED) is 0.694. The van der Waals surface area contributed by atoms with E-state index in [0.717, 1.165) is 44.0 Å². The molecule has 27 heavy (non-hydrogen) atoms. The highest BCUT2D eigenvalue weighted by Gasteiger charge is 2.27. The Morgan fingerprint density at radius 2 is 1.78 bits per heavy atom. The predicted octanol–water partition coefficient (Wildman–Crippen LogP) is 2.43. The molecule has 0 aliphatic carbocycles. The van der Waals surface area contributed by atoms with Crippen LogP contribution in [0.1, 0.15) is 0 Å². The van der Waals surface area contributed by atoms with E-state index in [0.29, 0.717) is 17.0 Å². The lowest BCUT2D eigenvalue weighted by atomic mass is 10.2. The van der Waals surface area contributed by atoms with Crippen LogP contribution in [-0.2, 0) is 9.84 Å². The van der Waals surface area contributed by atoms with Crippen molar-refractivity contribution in [1.82, 2.24) is 15.1 Å². The molecule has 0 spiro atoms. The van der Waals surface area contributed by atoms with E-state index in [1.54, 1.807) is 12.1 Å². The summed E-state index contributed by atoms with van der Waals surface area (Å²) in [6.07, 6.45) is 0. The lowest BCUT2D eigenvalue weighted by molar-refractivity contribution is 0.313. The van der Waals surface area contributed by atoms with Crippen molar-refractivity contribution in [3.63, 3.8) is 0 Å². The average molecular weight is 392 g/mol. The van der Waals surface area contributed by atoms with Crippen LogP contribution in [0.3, 0.4) is 0 Å². The van der Waals surface area contributed by atoms with E-state index in [9.17, 15) is 17.2 Å². The number of fused-ring (bicyclic) bond motifs is 1. The molecule has 1 aliphatic heterocycles. The molecule has 6 nitrogen and oxygen atoms in total. The van der Waals surface area contributed by atoms with Gasteiger partial charge in [0, 0.05) is 43.3 Å². The van der Waals surface area contributed by atoms with Gasteiger partial charge in [0.25, 0.3) is 0 Å². The Balaban J connectivity index is 1.79. The van der Waals surface area contributed by atoms with Gasteiger partial charge in [-0.3, -0.25) is 5.10 Å². The number of rotatable bonds is 3. The molecular formula is C18H18F2N4O2S. The zero-order valence-corrected chi connectivity index (χ0v) is 15.4. The lowest BCUT2D eigenvalue weighted by Gasteiger charge is -2.34. The third kappa shape index (κ3) is 3.17. The highest BCUT2D eigenvalue weighted by atomic mass is 32.2. The smallest absolute Gasteiger partial charge is 0.226 e. The third-order valence-corrected chi connectivity index (χ3v) is 6.58. The Hall–Kier alpha value is -2.52. The summed E-state index contributed by atoms with van der Waals surface area (Å²) < 4.78 is 53.1. The maximum atomic E-state index is 14.1. The van der Waals surface area contributed by atoms with Crippen molar-refractivity contribution in [3.8, 4) is 0 Å². The molecule has 1 fully saturated rings. The van der Waals surface area contributed by atoms with Crippen LogP contribution >= 0.6 is 0 Å². The minimum absolute atomic E-state index is 0.195. The van der Waals surface area contributed by atoms with Crippen LogP contribution in [0.2, 0.25) is 0 Å². The van der Waals surface area contributed by atoms with E-state index in [1.165, 1.54) is 0 Å². The number of H-pyrrole nitrogens is 1. The standard InChI is InChI=1S/C18H18F2N4O2S/c1-23-6-8-24(9-7-23)13-3-4-16-14(11-13)18(22-21-16)27(25,26)17-5-2-12(19)10-15(17)20/h2-5,10-11H,6-9H2,1H3,(H,21,22). The molecule has 2 aromatic carbocycles. The second kappa shape index (κ2) is 6.58. The van der Waals surface area contributed by atoms with Gasteiger partial charge in [-0.25, -0.2) is 17.2 Å². The first kappa shape index (κ1) is 17.9. The molecule has 4 rings (SSSR count). The summed E-state index contributed by atoms with van der Waals surface area (Å²) in [5.74, 6) is -1.97. The fraction of sp³-hybridized carbons (Fsp3) is 0.278. The highest BCUT2D eigenvalue weighted by Crippen LogP contribution is 2.31. The monoisotopic (exact) mass is 392 g/mol. The molecule has 1 saturated heterocycles. The summed E-state index contributed by atoms with van der Waals surface area (Å²) in [5, 5.41) is 6.72. The number of aromatic amines is 1. The Morgan fingerprint density at radius 3 is 2.48 bits per heavy atom. The maximum absolute atomic E-state index is 14.1. The minimum Gasteiger partial charge on any atom is -0.369 e. The van der Waals surface area contributed by atoms with E-state index in [4.69, 9.17) is 0 Å². The first-order valence-electron chi connectivity index (χ1n) is 8.48. The zero-order chi connectivity index (χ0) is 19.2. The first-order valence-corrected chi connectivity index (χ1v) is 9.96. The van der Waals surface area contributed by atoms with Gasteiger partial charge in [0.15, 0.2) is 5.03 Å². The van der Waals surface area contributed by atoms with Gasteiger partial charge < -0.3 is 9.80 Å². The molecule has 0 radical (unpaired) electrons. The molecule has 0 amide bonds. The molecule has 0 atom stereocenters. The third-order valence-electron chi connectivity index (χ3n) is 4.82. The molecule has 1 N–H and O–H groups in total. The van der Waals surface area contributed by atoms with Crippen LogP contribution in [0.5, 0.6) is 0 Å². The number of hydrogen-bond donors (Lipinski definition) is 1. The van der Waals surface area contributed by atoms with Crippen LogP contribution in [0.4, 0.5) is 14.5 Å². The molecule has 3 aromatic rings. The summed E-state index contributed by atoms with van der Waals surface area (Å²) >= 11 is 0. The fourth-order valence-corrected chi connectivity index (χ4v) is 4.65. The Bertz CT molecular complexity index is 1110. The largest absolute Gasteiger partial charge is 0.369 e. The van der Waals surface area contributed by atoms with Crippen molar-refractivity contribution in [3.05, 3.63) is 48.0 Å². The molecule has 142 valence electrons. The van der Waals surface area contributed by atoms with Crippen LogP contribution in [0.15, 0.2) is 46.3 Å². The lowest BCUT2D eigenvalue weighted by Crippen LogP contribution is -2.44. The minimum atomic E-state index is -4.21. The number of sulfone groups is 1. The predicted molar refractivity (Wildman–Crippen MR) is 97.6 cm³/mol. The summed E-state index contributed by atoms with van der Waals surface area (Å²) in [4.78, 5) is 3.81. The molecule has 1 aliphatic rings. The second-order valence-electron chi connectivity index (χ2n) is 6.62. The van der Waals surface area contributed by atoms with Crippen molar-refractivity contribution in [2.75, 3.05) is 38.1 Å². The second-order valence-corrected chi connectivity index (χ2v) is 8.48.